The first kappa shape index (κ1) is 12.1. The number of nitrogens with zero attached hydrogens (tertiary/aromatic N) is 4. The van der Waals surface area contributed by atoms with Gasteiger partial charge in [-0.1, -0.05) is 6.07 Å². The first-order valence-corrected chi connectivity index (χ1v) is 5.90. The van der Waals surface area contributed by atoms with E-state index in [1.54, 1.807) is 48.2 Å². The molecule has 0 atom stereocenters. The van der Waals surface area contributed by atoms with Gasteiger partial charge in [-0.05, 0) is 24.6 Å². The maximum atomic E-state index is 11.1. The lowest BCUT2D eigenvalue weighted by Gasteiger charge is -2.08. The summed E-state index contributed by atoms with van der Waals surface area (Å²) in [7, 11) is 0. The molecule has 2 N–H and O–H groups in total. The van der Waals surface area contributed by atoms with Crippen LogP contribution in [0.2, 0.25) is 0 Å². The van der Waals surface area contributed by atoms with Crippen LogP contribution in [0.5, 0.6) is 0 Å². The van der Waals surface area contributed by atoms with E-state index in [1.807, 2.05) is 0 Å². The number of hydrogen-bond donors (Lipinski definition) is 2. The number of carboxylic acid groups (broad SMARTS) is 1. The van der Waals surface area contributed by atoms with Gasteiger partial charge >= 0.3 is 5.97 Å². The fraction of sp³-hybridized carbons (Fsp3) is 0.0769. The summed E-state index contributed by atoms with van der Waals surface area (Å²) in [5.41, 5.74) is 2.17. The molecule has 0 fully saturated rings. The van der Waals surface area contributed by atoms with Crippen molar-refractivity contribution in [2.45, 2.75) is 6.92 Å². The Labute approximate surface area is 113 Å². The first-order valence-electron chi connectivity index (χ1n) is 5.90. The number of aromatic carboxylic acids is 1. The number of carboxylic acids is 1. The molecule has 0 aliphatic heterocycles. The smallest absolute Gasteiger partial charge is 0.336 e. The number of nitrogens with one attached hydrogen (secondary N) is 1. The van der Waals surface area contributed by atoms with Gasteiger partial charge in [0.1, 0.15) is 6.33 Å². The minimum absolute atomic E-state index is 0.253. The second-order valence-electron chi connectivity index (χ2n) is 4.30. The normalized spacial score (nSPS) is 10.7. The van der Waals surface area contributed by atoms with Crippen molar-refractivity contribution in [2.75, 3.05) is 5.32 Å². The zero-order valence-corrected chi connectivity index (χ0v) is 10.6. The predicted molar refractivity (Wildman–Crippen MR) is 72.2 cm³/mol. The van der Waals surface area contributed by atoms with Crippen molar-refractivity contribution < 1.29 is 9.90 Å². The molecule has 3 rings (SSSR count). The van der Waals surface area contributed by atoms with Crippen LogP contribution in [0, 0.1) is 6.92 Å². The summed E-state index contributed by atoms with van der Waals surface area (Å²) in [5, 5.41) is 19.9. The van der Waals surface area contributed by atoms with Gasteiger partial charge in [-0.2, -0.15) is 0 Å². The molecule has 1 aromatic carbocycles. The average molecular weight is 269 g/mol. The Morgan fingerprint density at radius 2 is 2.25 bits per heavy atom. The van der Waals surface area contributed by atoms with E-state index >= 15 is 0 Å². The monoisotopic (exact) mass is 269 g/mol. The molecule has 0 saturated heterocycles. The fourth-order valence-electron chi connectivity index (χ4n) is 1.91. The lowest BCUT2D eigenvalue weighted by molar-refractivity contribution is 0.0696. The highest BCUT2D eigenvalue weighted by atomic mass is 16.4. The molecule has 100 valence electrons. The van der Waals surface area contributed by atoms with Crippen LogP contribution in [0.15, 0.2) is 36.9 Å². The Bertz CT molecular complexity index is 796. The third-order valence-corrected chi connectivity index (χ3v) is 2.95. The lowest BCUT2D eigenvalue weighted by Crippen LogP contribution is -2.02. The second-order valence-corrected chi connectivity index (χ2v) is 4.30. The van der Waals surface area contributed by atoms with E-state index in [-0.39, 0.29) is 5.56 Å². The molecular weight excluding hydrogens is 258 g/mol. The fourth-order valence-corrected chi connectivity index (χ4v) is 1.91. The molecule has 0 saturated carbocycles. The molecule has 20 heavy (non-hydrogen) atoms. The molecule has 2 aromatic heterocycles. The average Bonchev–Trinajstić information content (AvgIpc) is 2.90. The molecular formula is C13H11N5O2. The van der Waals surface area contributed by atoms with E-state index in [1.165, 1.54) is 0 Å². The first-order chi connectivity index (χ1) is 9.65. The molecule has 7 heteroatoms. The molecule has 0 aliphatic rings. The summed E-state index contributed by atoms with van der Waals surface area (Å²) in [5.74, 6) is -0.440. The van der Waals surface area contributed by atoms with Crippen LogP contribution in [0.3, 0.4) is 0 Å². The number of aromatic nitrogens is 4. The largest absolute Gasteiger partial charge is 0.478 e. The Morgan fingerprint density at radius 3 is 3.05 bits per heavy atom. The Hall–Kier alpha value is -2.96. The van der Waals surface area contributed by atoms with Gasteiger partial charge < -0.3 is 10.4 Å². The van der Waals surface area contributed by atoms with Crippen molar-refractivity contribution >= 4 is 23.1 Å². The second kappa shape index (κ2) is 4.61. The van der Waals surface area contributed by atoms with Gasteiger partial charge in [0.25, 0.3) is 0 Å². The van der Waals surface area contributed by atoms with Crippen molar-refractivity contribution in [3.8, 4) is 0 Å². The van der Waals surface area contributed by atoms with E-state index < -0.39 is 5.97 Å². The molecule has 7 nitrogen and oxygen atoms in total. The van der Waals surface area contributed by atoms with Gasteiger partial charge in [0.15, 0.2) is 5.82 Å². The predicted octanol–water partition coefficient (Wildman–Crippen LogP) is 1.87. The van der Waals surface area contributed by atoms with E-state index in [0.29, 0.717) is 22.7 Å². The van der Waals surface area contributed by atoms with Gasteiger partial charge in [0.05, 0.1) is 5.56 Å². The molecule has 0 radical (unpaired) electrons. The minimum atomic E-state index is -0.959. The maximum absolute atomic E-state index is 11.1. The molecule has 2 heterocycles. The van der Waals surface area contributed by atoms with Crippen LogP contribution in [-0.2, 0) is 0 Å². The number of fused-ring (bicyclic) bond motifs is 1. The third-order valence-electron chi connectivity index (χ3n) is 2.95. The number of aryl methyl sites for hydroxylation is 1. The Balaban J connectivity index is 2.01. The lowest BCUT2D eigenvalue weighted by atomic mass is 10.1. The van der Waals surface area contributed by atoms with Crippen molar-refractivity contribution in [3.63, 3.8) is 0 Å². The summed E-state index contributed by atoms with van der Waals surface area (Å²) < 4.78 is 1.72. The molecule has 0 bridgehead atoms. The SMILES string of the molecule is Cc1ccc(Nc2nccn3cnnc23)cc1C(=O)O. The molecule has 3 aromatic rings. The maximum Gasteiger partial charge on any atom is 0.336 e. The van der Waals surface area contributed by atoms with Gasteiger partial charge in [-0.3, -0.25) is 4.40 Å². The molecule has 0 amide bonds. The van der Waals surface area contributed by atoms with Crippen LogP contribution in [0.25, 0.3) is 5.65 Å². The standard InChI is InChI=1S/C13H11N5O2/c1-8-2-3-9(6-10(8)13(19)20)16-11-12-17-15-7-18(12)5-4-14-11/h2-7H,1H3,(H,14,16)(H,19,20). The zero-order valence-electron chi connectivity index (χ0n) is 10.6. The number of rotatable bonds is 3. The zero-order chi connectivity index (χ0) is 14.1. The topological polar surface area (TPSA) is 92.4 Å². The number of hydrogen-bond acceptors (Lipinski definition) is 5. The van der Waals surface area contributed by atoms with E-state index in [4.69, 9.17) is 5.11 Å². The van der Waals surface area contributed by atoms with Gasteiger partial charge in [0, 0.05) is 18.1 Å². The van der Waals surface area contributed by atoms with Crippen LogP contribution >= 0.6 is 0 Å². The van der Waals surface area contributed by atoms with E-state index in [0.717, 1.165) is 0 Å². The molecule has 0 aliphatic carbocycles. The summed E-state index contributed by atoms with van der Waals surface area (Å²) in [4.78, 5) is 15.3. The highest BCUT2D eigenvalue weighted by molar-refractivity contribution is 5.91. The van der Waals surface area contributed by atoms with Crippen molar-refractivity contribution in [1.82, 2.24) is 19.6 Å². The van der Waals surface area contributed by atoms with Crippen LogP contribution in [0.4, 0.5) is 11.5 Å². The van der Waals surface area contributed by atoms with E-state index in [9.17, 15) is 4.79 Å². The quantitative estimate of drug-likeness (QED) is 0.754. The minimum Gasteiger partial charge on any atom is -0.478 e. The Morgan fingerprint density at radius 1 is 1.40 bits per heavy atom. The van der Waals surface area contributed by atoms with Crippen LogP contribution in [-0.4, -0.2) is 30.7 Å². The molecule has 0 unspecified atom stereocenters. The van der Waals surface area contributed by atoms with Gasteiger partial charge in [-0.25, -0.2) is 9.78 Å². The number of anilines is 2. The number of benzene rings is 1. The summed E-state index contributed by atoms with van der Waals surface area (Å²) in [6.07, 6.45) is 4.92. The van der Waals surface area contributed by atoms with Crippen molar-refractivity contribution in [1.29, 1.82) is 0 Å². The third kappa shape index (κ3) is 2.05. The van der Waals surface area contributed by atoms with Crippen LogP contribution in [0.1, 0.15) is 15.9 Å². The van der Waals surface area contributed by atoms with Crippen molar-refractivity contribution in [3.05, 3.63) is 48.0 Å². The summed E-state index contributed by atoms with van der Waals surface area (Å²) in [6, 6.07) is 5.11. The summed E-state index contributed by atoms with van der Waals surface area (Å²) in [6.45, 7) is 1.75. The highest BCUT2D eigenvalue weighted by Crippen LogP contribution is 2.20. The molecule has 0 spiro atoms. The van der Waals surface area contributed by atoms with Gasteiger partial charge in [0.2, 0.25) is 5.65 Å². The van der Waals surface area contributed by atoms with Crippen molar-refractivity contribution in [2.24, 2.45) is 0 Å². The van der Waals surface area contributed by atoms with E-state index in [2.05, 4.69) is 20.5 Å². The highest BCUT2D eigenvalue weighted by Gasteiger charge is 2.10. The number of carbonyl (C=O) groups is 1. The Kier molecular flexibility index (Phi) is 2.79. The van der Waals surface area contributed by atoms with Gasteiger partial charge in [-0.15, -0.1) is 10.2 Å². The summed E-state index contributed by atoms with van der Waals surface area (Å²) >= 11 is 0. The van der Waals surface area contributed by atoms with Crippen LogP contribution < -0.4 is 5.32 Å².